The molecule has 0 aliphatic rings. The molecule has 1 heterocycles. The lowest BCUT2D eigenvalue weighted by molar-refractivity contribution is -0.120. The highest BCUT2D eigenvalue weighted by molar-refractivity contribution is 5.78. The zero-order valence-corrected chi connectivity index (χ0v) is 12.9. The Hall–Kier alpha value is -2.88. The highest BCUT2D eigenvalue weighted by atomic mass is 16.1. The fraction of sp³-hybridized carbons (Fsp3) is 0.158. The molecular weight excluding hydrogens is 286 g/mol. The highest BCUT2D eigenvalue weighted by Gasteiger charge is 2.03. The van der Waals surface area contributed by atoms with Crippen molar-refractivity contribution in [2.24, 2.45) is 0 Å². The van der Waals surface area contributed by atoms with Crippen LogP contribution in [-0.2, 0) is 17.6 Å². The zero-order valence-electron chi connectivity index (χ0n) is 12.9. The number of carbonyl (C=O) groups excluding carboxylic acids is 1. The Morgan fingerprint density at radius 2 is 1.74 bits per heavy atom. The van der Waals surface area contributed by atoms with E-state index >= 15 is 0 Å². The Morgan fingerprint density at radius 1 is 0.957 bits per heavy atom. The highest BCUT2D eigenvalue weighted by Crippen LogP contribution is 2.09. The molecule has 0 unspecified atom stereocenters. The van der Waals surface area contributed by atoms with Crippen LogP contribution in [0.5, 0.6) is 0 Å². The third-order valence-electron chi connectivity index (χ3n) is 3.65. The van der Waals surface area contributed by atoms with Gasteiger partial charge in [-0.3, -0.25) is 4.79 Å². The Morgan fingerprint density at radius 3 is 2.43 bits per heavy atom. The number of benzene rings is 2. The SMILES string of the molecule is O=C(Cc1ccccc1)NCCc1ccc(-n2cccn2)cc1. The number of hydrogen-bond acceptors (Lipinski definition) is 2. The molecule has 1 aromatic heterocycles. The third-order valence-corrected chi connectivity index (χ3v) is 3.65. The summed E-state index contributed by atoms with van der Waals surface area (Å²) in [6.45, 7) is 0.646. The van der Waals surface area contributed by atoms with Crippen molar-refractivity contribution >= 4 is 5.91 Å². The standard InChI is InChI=1S/C19H19N3O/c23-19(15-17-5-2-1-3-6-17)20-13-11-16-7-9-18(10-8-16)22-14-4-12-21-22/h1-10,12,14H,11,13,15H2,(H,20,23). The molecule has 0 fully saturated rings. The fourth-order valence-corrected chi connectivity index (χ4v) is 2.43. The molecule has 116 valence electrons. The van der Waals surface area contributed by atoms with E-state index in [1.165, 1.54) is 5.56 Å². The first-order chi connectivity index (χ1) is 11.3. The number of carbonyl (C=O) groups is 1. The first-order valence-corrected chi connectivity index (χ1v) is 7.71. The summed E-state index contributed by atoms with van der Waals surface area (Å²) in [6.07, 6.45) is 4.92. The molecule has 3 rings (SSSR count). The molecule has 0 radical (unpaired) electrons. The summed E-state index contributed by atoms with van der Waals surface area (Å²) in [7, 11) is 0. The molecule has 0 saturated carbocycles. The maximum atomic E-state index is 11.9. The van der Waals surface area contributed by atoms with Crippen LogP contribution in [0.1, 0.15) is 11.1 Å². The summed E-state index contributed by atoms with van der Waals surface area (Å²) < 4.78 is 1.82. The molecule has 3 aromatic rings. The monoisotopic (exact) mass is 305 g/mol. The van der Waals surface area contributed by atoms with E-state index in [9.17, 15) is 4.79 Å². The van der Waals surface area contributed by atoms with E-state index in [1.807, 2.05) is 59.4 Å². The minimum Gasteiger partial charge on any atom is -0.355 e. The number of nitrogens with zero attached hydrogens (tertiary/aromatic N) is 2. The van der Waals surface area contributed by atoms with Gasteiger partial charge in [0.1, 0.15) is 0 Å². The van der Waals surface area contributed by atoms with E-state index < -0.39 is 0 Å². The summed E-state index contributed by atoms with van der Waals surface area (Å²) in [6, 6.07) is 19.9. The van der Waals surface area contributed by atoms with Crippen molar-refractivity contribution in [3.63, 3.8) is 0 Å². The summed E-state index contributed by atoms with van der Waals surface area (Å²) in [5, 5.41) is 7.17. The molecule has 1 N–H and O–H groups in total. The second-order valence-corrected chi connectivity index (χ2v) is 5.38. The van der Waals surface area contributed by atoms with Gasteiger partial charge in [-0.15, -0.1) is 0 Å². The van der Waals surface area contributed by atoms with Gasteiger partial charge in [-0.2, -0.15) is 5.10 Å². The predicted octanol–water partition coefficient (Wildman–Crippen LogP) is 2.77. The maximum Gasteiger partial charge on any atom is 0.224 e. The molecule has 1 amide bonds. The summed E-state index contributed by atoms with van der Waals surface area (Å²) in [5.41, 5.74) is 3.27. The van der Waals surface area contributed by atoms with E-state index in [4.69, 9.17) is 0 Å². The largest absolute Gasteiger partial charge is 0.355 e. The first-order valence-electron chi connectivity index (χ1n) is 7.71. The number of aromatic nitrogens is 2. The number of hydrogen-bond donors (Lipinski definition) is 1. The molecule has 0 atom stereocenters. The molecular formula is C19H19N3O. The summed E-state index contributed by atoms with van der Waals surface area (Å²) in [5.74, 6) is 0.0596. The van der Waals surface area contributed by atoms with Crippen LogP contribution in [0.25, 0.3) is 5.69 Å². The number of nitrogens with one attached hydrogen (secondary N) is 1. The lowest BCUT2D eigenvalue weighted by Gasteiger charge is -2.07. The second-order valence-electron chi connectivity index (χ2n) is 5.38. The second kappa shape index (κ2) is 7.40. The van der Waals surface area contributed by atoms with Crippen molar-refractivity contribution in [3.05, 3.63) is 84.2 Å². The van der Waals surface area contributed by atoms with Crippen LogP contribution >= 0.6 is 0 Å². The topological polar surface area (TPSA) is 46.9 Å². The van der Waals surface area contributed by atoms with Gasteiger partial charge in [0.2, 0.25) is 5.91 Å². The minimum atomic E-state index is 0.0596. The van der Waals surface area contributed by atoms with Crippen LogP contribution in [0.2, 0.25) is 0 Å². The van der Waals surface area contributed by atoms with Gasteiger partial charge in [-0.1, -0.05) is 42.5 Å². The number of amides is 1. The predicted molar refractivity (Wildman–Crippen MR) is 90.4 cm³/mol. The average Bonchev–Trinajstić information content (AvgIpc) is 3.11. The first kappa shape index (κ1) is 15.0. The van der Waals surface area contributed by atoms with E-state index in [-0.39, 0.29) is 5.91 Å². The molecule has 23 heavy (non-hydrogen) atoms. The van der Waals surface area contributed by atoms with Crippen molar-refractivity contribution in [1.29, 1.82) is 0 Å². The van der Waals surface area contributed by atoms with Gasteiger partial charge in [-0.05, 0) is 35.7 Å². The molecule has 4 nitrogen and oxygen atoms in total. The molecule has 0 aliphatic heterocycles. The normalized spacial score (nSPS) is 10.4. The van der Waals surface area contributed by atoms with Gasteiger partial charge in [0, 0.05) is 18.9 Å². The van der Waals surface area contributed by atoms with E-state index in [2.05, 4.69) is 22.5 Å². The van der Waals surface area contributed by atoms with Crippen LogP contribution < -0.4 is 5.32 Å². The lowest BCUT2D eigenvalue weighted by atomic mass is 10.1. The molecule has 0 spiro atoms. The summed E-state index contributed by atoms with van der Waals surface area (Å²) >= 11 is 0. The Bertz CT molecular complexity index is 734. The van der Waals surface area contributed by atoms with E-state index in [1.54, 1.807) is 6.20 Å². The van der Waals surface area contributed by atoms with Gasteiger partial charge in [0.25, 0.3) is 0 Å². The van der Waals surface area contributed by atoms with Crippen molar-refractivity contribution in [2.75, 3.05) is 6.54 Å². The van der Waals surface area contributed by atoms with Crippen molar-refractivity contribution in [1.82, 2.24) is 15.1 Å². The minimum absolute atomic E-state index is 0.0596. The Balaban J connectivity index is 1.46. The summed E-state index contributed by atoms with van der Waals surface area (Å²) in [4.78, 5) is 11.9. The van der Waals surface area contributed by atoms with Crippen molar-refractivity contribution < 1.29 is 4.79 Å². The maximum absolute atomic E-state index is 11.9. The van der Waals surface area contributed by atoms with Crippen LogP contribution in [0.15, 0.2) is 73.1 Å². The lowest BCUT2D eigenvalue weighted by Crippen LogP contribution is -2.27. The van der Waals surface area contributed by atoms with E-state index in [0.717, 1.165) is 17.7 Å². The van der Waals surface area contributed by atoms with Gasteiger partial charge in [0.05, 0.1) is 12.1 Å². The third kappa shape index (κ3) is 4.30. The van der Waals surface area contributed by atoms with Crippen molar-refractivity contribution in [2.45, 2.75) is 12.8 Å². The molecule has 4 heteroatoms. The molecule has 2 aromatic carbocycles. The molecule has 0 aliphatic carbocycles. The quantitative estimate of drug-likeness (QED) is 0.761. The van der Waals surface area contributed by atoms with Gasteiger partial charge < -0.3 is 5.32 Å². The van der Waals surface area contributed by atoms with E-state index in [0.29, 0.717) is 13.0 Å². The Kier molecular flexibility index (Phi) is 4.84. The smallest absolute Gasteiger partial charge is 0.224 e. The zero-order chi connectivity index (χ0) is 15.9. The number of rotatable bonds is 6. The van der Waals surface area contributed by atoms with Gasteiger partial charge in [-0.25, -0.2) is 4.68 Å². The fourth-order valence-electron chi connectivity index (χ4n) is 2.43. The Labute approximate surface area is 135 Å². The molecule has 0 bridgehead atoms. The van der Waals surface area contributed by atoms with Crippen molar-refractivity contribution in [3.8, 4) is 5.69 Å². The average molecular weight is 305 g/mol. The molecule has 0 saturated heterocycles. The van der Waals surface area contributed by atoms with Gasteiger partial charge >= 0.3 is 0 Å². The van der Waals surface area contributed by atoms with Crippen LogP contribution in [-0.4, -0.2) is 22.2 Å². The van der Waals surface area contributed by atoms with Crippen LogP contribution in [0.3, 0.4) is 0 Å². The van der Waals surface area contributed by atoms with Gasteiger partial charge in [0.15, 0.2) is 0 Å². The van der Waals surface area contributed by atoms with Crippen LogP contribution in [0.4, 0.5) is 0 Å². The van der Waals surface area contributed by atoms with Crippen LogP contribution in [0, 0.1) is 0 Å².